The predicted octanol–water partition coefficient (Wildman–Crippen LogP) is 5.11. The molecule has 0 spiro atoms. The van der Waals surface area contributed by atoms with E-state index in [1.165, 1.54) is 55.6 Å². The highest BCUT2D eigenvalue weighted by atomic mass is 32.2. The van der Waals surface area contributed by atoms with Crippen LogP contribution in [0.3, 0.4) is 0 Å². The van der Waals surface area contributed by atoms with Crippen LogP contribution in [0.5, 0.6) is 11.5 Å². The maximum Gasteiger partial charge on any atom is 0.296 e. The Morgan fingerprint density at radius 1 is 0.897 bits per heavy atom. The summed E-state index contributed by atoms with van der Waals surface area (Å²) in [5, 5.41) is 32.8. The number of nitrogens with zero attached hydrogens (tertiary/aromatic N) is 3. The quantitative estimate of drug-likeness (QED) is 0.0937. The van der Waals surface area contributed by atoms with Gasteiger partial charge >= 0.3 is 0 Å². The summed E-state index contributed by atoms with van der Waals surface area (Å²) >= 11 is 0. The summed E-state index contributed by atoms with van der Waals surface area (Å²) in [4.78, 5) is 9.26. The van der Waals surface area contributed by atoms with E-state index in [-0.39, 0.29) is 38.5 Å². The van der Waals surface area contributed by atoms with Crippen molar-refractivity contribution in [2.75, 3.05) is 12.4 Å². The first kappa shape index (κ1) is 27.4. The SMILES string of the molecule is COc1cc([N+](=O)[O-])ccc1N=Nc1c(S(=O)(=O)O)cc2ccc(Nc3cccc(S(=O)(=O)O)c3)cc2c1O. The average molecular weight is 575 g/mol. The summed E-state index contributed by atoms with van der Waals surface area (Å²) in [7, 11) is -8.11. The van der Waals surface area contributed by atoms with Gasteiger partial charge in [-0.15, -0.1) is 10.2 Å². The van der Waals surface area contributed by atoms with Gasteiger partial charge in [0.2, 0.25) is 0 Å². The molecule has 0 amide bonds. The van der Waals surface area contributed by atoms with E-state index in [2.05, 4.69) is 15.5 Å². The summed E-state index contributed by atoms with van der Waals surface area (Å²) in [6, 6.07) is 14.1. The molecule has 39 heavy (non-hydrogen) atoms. The number of benzene rings is 4. The van der Waals surface area contributed by atoms with Crippen LogP contribution < -0.4 is 10.1 Å². The van der Waals surface area contributed by atoms with Crippen molar-refractivity contribution in [3.63, 3.8) is 0 Å². The second-order valence-electron chi connectivity index (χ2n) is 7.92. The Balaban J connectivity index is 1.82. The number of hydrogen-bond donors (Lipinski definition) is 4. The smallest absolute Gasteiger partial charge is 0.296 e. The summed E-state index contributed by atoms with van der Waals surface area (Å²) in [6.07, 6.45) is 0. The highest BCUT2D eigenvalue weighted by molar-refractivity contribution is 7.86. The van der Waals surface area contributed by atoms with Crippen molar-refractivity contribution in [3.8, 4) is 11.5 Å². The largest absolute Gasteiger partial charge is 0.505 e. The second-order valence-corrected chi connectivity index (χ2v) is 10.7. The Labute approximate surface area is 220 Å². The molecule has 0 heterocycles. The van der Waals surface area contributed by atoms with Crippen molar-refractivity contribution >= 4 is 59.4 Å². The van der Waals surface area contributed by atoms with Crippen molar-refractivity contribution in [1.29, 1.82) is 0 Å². The molecule has 0 aromatic heterocycles. The summed E-state index contributed by atoms with van der Waals surface area (Å²) in [6.45, 7) is 0. The number of azo groups is 1. The molecule has 0 radical (unpaired) electrons. The molecule has 0 atom stereocenters. The number of aromatic hydroxyl groups is 1. The van der Waals surface area contributed by atoms with Crippen molar-refractivity contribution in [2.24, 2.45) is 10.2 Å². The molecule has 16 heteroatoms. The monoisotopic (exact) mass is 574 g/mol. The van der Waals surface area contributed by atoms with Crippen molar-refractivity contribution in [1.82, 2.24) is 0 Å². The van der Waals surface area contributed by atoms with E-state index < -0.39 is 41.5 Å². The molecular weight excluding hydrogens is 556 g/mol. The van der Waals surface area contributed by atoms with Gasteiger partial charge < -0.3 is 15.2 Å². The Hall–Kier alpha value is -4.64. The van der Waals surface area contributed by atoms with E-state index in [0.717, 1.165) is 18.2 Å². The Kier molecular flexibility index (Phi) is 7.21. The molecule has 4 rings (SSSR count). The minimum Gasteiger partial charge on any atom is -0.505 e. The van der Waals surface area contributed by atoms with Gasteiger partial charge in [0.1, 0.15) is 16.3 Å². The standard InChI is InChI=1S/C23H18N4O10S2/c1-37-20-12-16(27(29)30)7-8-19(20)25-26-22-21(39(34,35)36)9-13-5-6-15(11-18(13)23(22)28)24-14-3-2-4-17(10-14)38(31,32)33/h2-12,24,28H,1H3,(H,31,32,33)(H,34,35,36). The number of nitro groups is 1. The lowest BCUT2D eigenvalue weighted by Gasteiger charge is -2.12. The molecule has 14 nitrogen and oxygen atoms in total. The third kappa shape index (κ3) is 5.93. The van der Waals surface area contributed by atoms with Crippen molar-refractivity contribution < 1.29 is 40.7 Å². The van der Waals surface area contributed by atoms with Crippen LogP contribution >= 0.6 is 0 Å². The van der Waals surface area contributed by atoms with Gasteiger partial charge in [-0.05, 0) is 47.9 Å². The Morgan fingerprint density at radius 2 is 1.62 bits per heavy atom. The lowest BCUT2D eigenvalue weighted by atomic mass is 10.1. The Bertz CT molecular complexity index is 1870. The fourth-order valence-corrected chi connectivity index (χ4v) is 4.76. The van der Waals surface area contributed by atoms with E-state index >= 15 is 0 Å². The van der Waals surface area contributed by atoms with Gasteiger partial charge in [0.25, 0.3) is 25.9 Å². The van der Waals surface area contributed by atoms with E-state index in [0.29, 0.717) is 5.69 Å². The van der Waals surface area contributed by atoms with Crippen LogP contribution in [0, 0.1) is 10.1 Å². The van der Waals surface area contributed by atoms with Crippen LogP contribution in [0.15, 0.2) is 86.7 Å². The highest BCUT2D eigenvalue weighted by Gasteiger charge is 2.23. The number of hydrogen-bond acceptors (Lipinski definition) is 11. The van der Waals surface area contributed by atoms with E-state index in [1.807, 2.05) is 0 Å². The molecule has 0 bridgehead atoms. The fraction of sp³-hybridized carbons (Fsp3) is 0.0435. The number of rotatable bonds is 8. The molecule has 4 aromatic carbocycles. The van der Waals surface area contributed by atoms with Crippen LogP contribution in [0.4, 0.5) is 28.4 Å². The lowest BCUT2D eigenvalue weighted by Crippen LogP contribution is -2.00. The van der Waals surface area contributed by atoms with Gasteiger partial charge in [-0.2, -0.15) is 16.8 Å². The van der Waals surface area contributed by atoms with Crippen LogP contribution in [0.1, 0.15) is 0 Å². The third-order valence-corrected chi connectivity index (χ3v) is 7.10. The first-order valence-electron chi connectivity index (χ1n) is 10.6. The minimum atomic E-state index is -4.89. The number of nitro benzene ring substituents is 1. The molecule has 202 valence electrons. The number of phenolic OH excluding ortho intramolecular Hbond substituents is 1. The first-order chi connectivity index (χ1) is 18.3. The average Bonchev–Trinajstić information content (AvgIpc) is 2.87. The number of ether oxygens (including phenoxy) is 1. The second kappa shape index (κ2) is 10.3. The molecule has 4 aromatic rings. The number of fused-ring (bicyclic) bond motifs is 1. The zero-order chi connectivity index (χ0) is 28.5. The van der Waals surface area contributed by atoms with Gasteiger partial charge in [-0.25, -0.2) is 0 Å². The normalized spacial score (nSPS) is 12.1. The van der Waals surface area contributed by atoms with Crippen molar-refractivity contribution in [2.45, 2.75) is 9.79 Å². The number of anilines is 2. The molecule has 0 aliphatic rings. The molecule has 0 aliphatic heterocycles. The van der Waals surface area contributed by atoms with Gasteiger partial charge in [-0.3, -0.25) is 19.2 Å². The van der Waals surface area contributed by atoms with Gasteiger partial charge in [0, 0.05) is 22.8 Å². The van der Waals surface area contributed by atoms with Gasteiger partial charge in [-0.1, -0.05) is 12.1 Å². The van der Waals surface area contributed by atoms with Crippen LogP contribution in [0.25, 0.3) is 10.8 Å². The summed E-state index contributed by atoms with van der Waals surface area (Å²) in [5.41, 5.74) is -0.317. The van der Waals surface area contributed by atoms with Crippen molar-refractivity contribution in [3.05, 3.63) is 76.8 Å². The number of nitrogens with one attached hydrogen (secondary N) is 1. The summed E-state index contributed by atoms with van der Waals surface area (Å²) in [5.74, 6) is -0.722. The third-order valence-electron chi connectivity index (χ3n) is 5.38. The molecule has 0 unspecified atom stereocenters. The first-order valence-corrected chi connectivity index (χ1v) is 13.5. The highest BCUT2D eigenvalue weighted by Crippen LogP contribution is 2.43. The zero-order valence-electron chi connectivity index (χ0n) is 19.7. The summed E-state index contributed by atoms with van der Waals surface area (Å²) < 4.78 is 71.1. The van der Waals surface area contributed by atoms with Crippen LogP contribution in [0.2, 0.25) is 0 Å². The maximum atomic E-state index is 12.1. The zero-order valence-corrected chi connectivity index (χ0v) is 21.3. The minimum absolute atomic E-state index is 0.0296. The van der Waals surface area contributed by atoms with Gasteiger partial charge in [0.15, 0.2) is 11.5 Å². The molecule has 0 aliphatic carbocycles. The van der Waals surface area contributed by atoms with Gasteiger partial charge in [0.05, 0.1) is 23.0 Å². The molecule has 4 N–H and O–H groups in total. The predicted molar refractivity (Wildman–Crippen MR) is 139 cm³/mol. The lowest BCUT2D eigenvalue weighted by molar-refractivity contribution is -0.384. The van der Waals surface area contributed by atoms with E-state index in [1.54, 1.807) is 0 Å². The molecule has 0 fully saturated rings. The molecular formula is C23H18N4O10S2. The number of phenols is 1. The topological polar surface area (TPSA) is 218 Å². The van der Waals surface area contributed by atoms with E-state index in [9.17, 15) is 41.2 Å². The molecule has 0 saturated heterocycles. The van der Waals surface area contributed by atoms with Crippen LogP contribution in [-0.4, -0.2) is 43.1 Å². The fourth-order valence-electron chi connectivity index (χ4n) is 3.58. The number of methoxy groups -OCH3 is 1. The molecule has 0 saturated carbocycles. The maximum absolute atomic E-state index is 12.1. The van der Waals surface area contributed by atoms with Crippen LogP contribution in [-0.2, 0) is 20.2 Å². The number of non-ortho nitro benzene ring substituents is 1. The van der Waals surface area contributed by atoms with E-state index in [4.69, 9.17) is 4.74 Å². The Morgan fingerprint density at radius 3 is 2.26 bits per heavy atom.